The fraction of sp³-hybridized carbons (Fsp3) is 0.0625. The number of nitrogens with zero attached hydrogens (tertiary/aromatic N) is 1. The summed E-state index contributed by atoms with van der Waals surface area (Å²) in [6.45, 7) is 0. The maximum absolute atomic E-state index is 5.80. The fourth-order valence-corrected chi connectivity index (χ4v) is 2.13. The van der Waals surface area contributed by atoms with Crippen molar-refractivity contribution in [3.05, 3.63) is 54.7 Å². The molecule has 0 atom stereocenters. The first-order valence-corrected chi connectivity index (χ1v) is 6.31. The molecule has 0 radical (unpaired) electrons. The van der Waals surface area contributed by atoms with E-state index in [2.05, 4.69) is 10.3 Å². The van der Waals surface area contributed by atoms with E-state index in [0.717, 1.165) is 33.7 Å². The van der Waals surface area contributed by atoms with E-state index >= 15 is 0 Å². The Kier molecular flexibility index (Phi) is 3.13. The van der Waals surface area contributed by atoms with Gasteiger partial charge in [0.05, 0.1) is 12.6 Å². The number of pyridine rings is 1. The molecule has 0 unspecified atom stereocenters. The summed E-state index contributed by atoms with van der Waals surface area (Å²) < 4.78 is 5.27. The molecular weight excluding hydrogens is 250 g/mol. The molecule has 0 bridgehead atoms. The van der Waals surface area contributed by atoms with Crippen molar-refractivity contribution in [2.75, 3.05) is 18.2 Å². The lowest BCUT2D eigenvalue weighted by Gasteiger charge is -2.11. The largest absolute Gasteiger partial charge is 0.497 e. The molecule has 0 spiro atoms. The first-order valence-electron chi connectivity index (χ1n) is 6.31. The van der Waals surface area contributed by atoms with Crippen LogP contribution in [0.2, 0.25) is 0 Å². The molecular formula is C16H15N3O. The van der Waals surface area contributed by atoms with E-state index in [-0.39, 0.29) is 0 Å². The Bertz CT molecular complexity index is 756. The van der Waals surface area contributed by atoms with Crippen molar-refractivity contribution in [1.29, 1.82) is 0 Å². The van der Waals surface area contributed by atoms with Crippen molar-refractivity contribution in [3.8, 4) is 5.75 Å². The highest BCUT2D eigenvalue weighted by atomic mass is 16.5. The third-order valence-electron chi connectivity index (χ3n) is 3.11. The summed E-state index contributed by atoms with van der Waals surface area (Å²) >= 11 is 0. The second kappa shape index (κ2) is 5.09. The lowest BCUT2D eigenvalue weighted by Crippen LogP contribution is -1.94. The minimum Gasteiger partial charge on any atom is -0.497 e. The third-order valence-corrected chi connectivity index (χ3v) is 3.11. The third kappa shape index (κ3) is 2.36. The van der Waals surface area contributed by atoms with Crippen molar-refractivity contribution in [3.63, 3.8) is 0 Å². The van der Waals surface area contributed by atoms with Crippen molar-refractivity contribution in [2.24, 2.45) is 0 Å². The number of ether oxygens (including phenoxy) is 1. The van der Waals surface area contributed by atoms with Gasteiger partial charge in [-0.2, -0.15) is 0 Å². The highest BCUT2D eigenvalue weighted by Crippen LogP contribution is 2.28. The molecule has 0 aliphatic rings. The zero-order chi connectivity index (χ0) is 13.9. The monoisotopic (exact) mass is 265 g/mol. The molecule has 0 saturated carbocycles. The van der Waals surface area contributed by atoms with Gasteiger partial charge in [0.1, 0.15) is 5.75 Å². The summed E-state index contributed by atoms with van der Waals surface area (Å²) in [5, 5.41) is 4.37. The molecule has 0 saturated heterocycles. The Morgan fingerprint density at radius 2 is 2.00 bits per heavy atom. The molecule has 0 aliphatic heterocycles. The van der Waals surface area contributed by atoms with E-state index in [1.54, 1.807) is 13.3 Å². The van der Waals surface area contributed by atoms with Crippen LogP contribution in [0, 0.1) is 0 Å². The van der Waals surface area contributed by atoms with Crippen LogP contribution in [0.5, 0.6) is 5.75 Å². The van der Waals surface area contributed by atoms with Crippen LogP contribution in [0.4, 0.5) is 17.1 Å². The predicted molar refractivity (Wildman–Crippen MR) is 82.4 cm³/mol. The second-order valence-electron chi connectivity index (χ2n) is 4.49. The van der Waals surface area contributed by atoms with E-state index in [0.29, 0.717) is 0 Å². The average Bonchev–Trinajstić information content (AvgIpc) is 2.47. The Morgan fingerprint density at radius 3 is 2.80 bits per heavy atom. The summed E-state index contributed by atoms with van der Waals surface area (Å²) in [5.74, 6) is 0.807. The van der Waals surface area contributed by atoms with Crippen molar-refractivity contribution in [1.82, 2.24) is 4.98 Å². The molecule has 100 valence electrons. The number of aromatic nitrogens is 1. The Morgan fingerprint density at radius 1 is 1.10 bits per heavy atom. The zero-order valence-corrected chi connectivity index (χ0v) is 11.1. The molecule has 3 aromatic rings. The Hall–Kier alpha value is -2.75. The van der Waals surface area contributed by atoms with Gasteiger partial charge < -0.3 is 15.8 Å². The van der Waals surface area contributed by atoms with Gasteiger partial charge in [-0.3, -0.25) is 4.98 Å². The van der Waals surface area contributed by atoms with E-state index < -0.39 is 0 Å². The molecule has 3 rings (SSSR count). The lowest BCUT2D eigenvalue weighted by atomic mass is 10.1. The van der Waals surface area contributed by atoms with Crippen LogP contribution in [0.25, 0.3) is 10.9 Å². The maximum atomic E-state index is 5.80. The van der Waals surface area contributed by atoms with E-state index in [9.17, 15) is 0 Å². The molecule has 2 aromatic carbocycles. The predicted octanol–water partition coefficient (Wildman–Crippen LogP) is 3.57. The summed E-state index contributed by atoms with van der Waals surface area (Å²) in [6.07, 6.45) is 1.78. The van der Waals surface area contributed by atoms with Crippen LogP contribution in [0.1, 0.15) is 0 Å². The van der Waals surface area contributed by atoms with Crippen LogP contribution in [0.3, 0.4) is 0 Å². The number of hydrogen-bond donors (Lipinski definition) is 2. The zero-order valence-electron chi connectivity index (χ0n) is 11.1. The Labute approximate surface area is 117 Å². The topological polar surface area (TPSA) is 60.2 Å². The number of nitrogens with one attached hydrogen (secondary N) is 1. The van der Waals surface area contributed by atoms with Crippen LogP contribution in [0.15, 0.2) is 54.7 Å². The first kappa shape index (κ1) is 12.3. The van der Waals surface area contributed by atoms with Gasteiger partial charge in [0.2, 0.25) is 0 Å². The number of nitrogens with two attached hydrogens (primary N) is 1. The van der Waals surface area contributed by atoms with Gasteiger partial charge in [0.15, 0.2) is 0 Å². The second-order valence-corrected chi connectivity index (χ2v) is 4.49. The van der Waals surface area contributed by atoms with Gasteiger partial charge >= 0.3 is 0 Å². The minimum absolute atomic E-state index is 0.728. The normalized spacial score (nSPS) is 10.4. The highest BCUT2D eigenvalue weighted by molar-refractivity contribution is 5.93. The van der Waals surface area contributed by atoms with Crippen LogP contribution in [-0.4, -0.2) is 12.1 Å². The summed E-state index contributed by atoms with van der Waals surface area (Å²) in [4.78, 5) is 4.36. The Balaban J connectivity index is 2.06. The SMILES string of the molecule is COc1ccc2nccc(Nc3cccc(N)c3)c2c1. The molecule has 4 nitrogen and oxygen atoms in total. The number of anilines is 3. The standard InChI is InChI=1S/C16H15N3O/c1-20-13-5-6-15-14(10-13)16(7-8-18-15)19-12-4-2-3-11(17)9-12/h2-10H,17H2,1H3,(H,18,19). The summed E-state index contributed by atoms with van der Waals surface area (Å²) in [7, 11) is 1.66. The molecule has 1 aromatic heterocycles. The molecule has 3 N–H and O–H groups in total. The number of methoxy groups -OCH3 is 1. The average molecular weight is 265 g/mol. The number of benzene rings is 2. The first-order chi connectivity index (χ1) is 9.76. The van der Waals surface area contributed by atoms with Crippen molar-refractivity contribution in [2.45, 2.75) is 0 Å². The quantitative estimate of drug-likeness (QED) is 0.711. The van der Waals surface area contributed by atoms with Gasteiger partial charge in [-0.15, -0.1) is 0 Å². The van der Waals surface area contributed by atoms with Crippen LogP contribution < -0.4 is 15.8 Å². The summed E-state index contributed by atoms with van der Waals surface area (Å²) in [5.41, 5.74) is 9.36. The highest BCUT2D eigenvalue weighted by Gasteiger charge is 2.04. The van der Waals surface area contributed by atoms with Crippen molar-refractivity contribution >= 4 is 28.0 Å². The molecule has 0 fully saturated rings. The lowest BCUT2D eigenvalue weighted by molar-refractivity contribution is 0.415. The molecule has 4 heteroatoms. The fourth-order valence-electron chi connectivity index (χ4n) is 2.13. The van der Waals surface area contributed by atoms with E-state index in [1.807, 2.05) is 48.5 Å². The number of fused-ring (bicyclic) bond motifs is 1. The number of hydrogen-bond acceptors (Lipinski definition) is 4. The van der Waals surface area contributed by atoms with Gasteiger partial charge in [0, 0.05) is 28.6 Å². The van der Waals surface area contributed by atoms with Gasteiger partial charge in [-0.25, -0.2) is 0 Å². The summed E-state index contributed by atoms with van der Waals surface area (Å²) in [6, 6.07) is 15.4. The van der Waals surface area contributed by atoms with Gasteiger partial charge in [-0.1, -0.05) is 6.07 Å². The van der Waals surface area contributed by atoms with Crippen LogP contribution >= 0.6 is 0 Å². The van der Waals surface area contributed by atoms with Gasteiger partial charge in [0.25, 0.3) is 0 Å². The van der Waals surface area contributed by atoms with Crippen molar-refractivity contribution < 1.29 is 4.74 Å². The van der Waals surface area contributed by atoms with E-state index in [1.165, 1.54) is 0 Å². The minimum atomic E-state index is 0.728. The van der Waals surface area contributed by atoms with Gasteiger partial charge in [-0.05, 0) is 42.5 Å². The number of rotatable bonds is 3. The molecule has 0 amide bonds. The molecule has 0 aliphatic carbocycles. The maximum Gasteiger partial charge on any atom is 0.119 e. The number of nitrogen functional groups attached to an aromatic ring is 1. The van der Waals surface area contributed by atoms with E-state index in [4.69, 9.17) is 10.5 Å². The molecule has 20 heavy (non-hydrogen) atoms. The smallest absolute Gasteiger partial charge is 0.119 e. The molecule has 1 heterocycles. The van der Waals surface area contributed by atoms with Crippen LogP contribution in [-0.2, 0) is 0 Å².